The van der Waals surface area contributed by atoms with Gasteiger partial charge in [0.2, 0.25) is 0 Å². The van der Waals surface area contributed by atoms with Crippen molar-refractivity contribution >= 4 is 27.5 Å². The van der Waals surface area contributed by atoms with Crippen LogP contribution in [-0.4, -0.2) is 14.5 Å². The zero-order chi connectivity index (χ0) is 12.0. The van der Waals surface area contributed by atoms with Crippen molar-refractivity contribution in [3.05, 3.63) is 29.3 Å². The highest BCUT2D eigenvalue weighted by Crippen LogP contribution is 2.33. The summed E-state index contributed by atoms with van der Waals surface area (Å²) >= 11 is 1.59. The number of nitrogens with zero attached hydrogens (tertiary/aromatic N) is 3. The number of nitrogens with two attached hydrogens (primary N) is 1. The van der Waals surface area contributed by atoms with E-state index < -0.39 is 0 Å². The highest BCUT2D eigenvalue weighted by Gasteiger charge is 2.14. The highest BCUT2D eigenvalue weighted by molar-refractivity contribution is 7.16. The molecule has 3 heterocycles. The topological polar surface area (TPSA) is 56.7 Å². The van der Waals surface area contributed by atoms with E-state index >= 15 is 0 Å². The normalized spacial score (nSPS) is 11.2. The van der Waals surface area contributed by atoms with Gasteiger partial charge in [-0.1, -0.05) is 0 Å². The number of hydrogen-bond donors (Lipinski definition) is 1. The van der Waals surface area contributed by atoms with Gasteiger partial charge >= 0.3 is 0 Å². The molecule has 0 aliphatic carbocycles. The Labute approximate surface area is 103 Å². The number of pyridine rings is 1. The largest absolute Gasteiger partial charge is 0.390 e. The molecule has 5 heteroatoms. The van der Waals surface area contributed by atoms with Crippen molar-refractivity contribution in [2.45, 2.75) is 6.92 Å². The summed E-state index contributed by atoms with van der Waals surface area (Å²) in [5, 5.41) is 0.806. The summed E-state index contributed by atoms with van der Waals surface area (Å²) in [6, 6.07) is 5.92. The van der Waals surface area contributed by atoms with Crippen LogP contribution in [0.15, 0.2) is 24.4 Å². The number of rotatable bonds is 1. The third-order valence-corrected chi connectivity index (χ3v) is 3.63. The minimum atomic E-state index is 0.806. The van der Waals surface area contributed by atoms with Crippen LogP contribution in [0, 0.1) is 6.92 Å². The van der Waals surface area contributed by atoms with Crippen LogP contribution in [0.25, 0.3) is 22.6 Å². The molecule has 0 atom stereocenters. The third kappa shape index (κ3) is 1.51. The molecule has 0 aliphatic rings. The number of anilines is 1. The number of thiophene rings is 1. The Hall–Kier alpha value is -1.88. The van der Waals surface area contributed by atoms with Crippen molar-refractivity contribution in [2.75, 3.05) is 5.73 Å². The standard InChI is InChI=1S/C12H12N4S/c1-7-6-8(10(13)17-7)11-15-9-4-3-5-14-12(9)16(11)2/h3-6H,13H2,1-2H3. The molecule has 0 radical (unpaired) electrons. The molecular formula is C12H12N4S. The number of hydrogen-bond acceptors (Lipinski definition) is 4. The minimum Gasteiger partial charge on any atom is -0.390 e. The SMILES string of the molecule is Cc1cc(-c2nc3cccnc3n2C)c(N)s1. The molecule has 0 saturated heterocycles. The second kappa shape index (κ2) is 3.56. The molecule has 3 aromatic heterocycles. The van der Waals surface area contributed by atoms with E-state index in [1.807, 2.05) is 30.7 Å². The van der Waals surface area contributed by atoms with E-state index in [2.05, 4.69) is 16.0 Å². The van der Waals surface area contributed by atoms with Crippen LogP contribution < -0.4 is 5.73 Å². The monoisotopic (exact) mass is 244 g/mol. The lowest BCUT2D eigenvalue weighted by Crippen LogP contribution is -1.94. The summed E-state index contributed by atoms with van der Waals surface area (Å²) in [5.41, 5.74) is 8.78. The maximum atomic E-state index is 6.01. The van der Waals surface area contributed by atoms with Crippen LogP contribution in [0.5, 0.6) is 0 Å². The lowest BCUT2D eigenvalue weighted by atomic mass is 10.3. The number of aryl methyl sites for hydroxylation is 2. The van der Waals surface area contributed by atoms with Crippen molar-refractivity contribution in [1.29, 1.82) is 0 Å². The van der Waals surface area contributed by atoms with Gasteiger partial charge in [-0.25, -0.2) is 9.97 Å². The van der Waals surface area contributed by atoms with Crippen molar-refractivity contribution in [1.82, 2.24) is 14.5 Å². The number of nitrogen functional groups attached to an aromatic ring is 1. The lowest BCUT2D eigenvalue weighted by molar-refractivity contribution is 0.943. The van der Waals surface area contributed by atoms with Gasteiger partial charge in [0.1, 0.15) is 11.3 Å². The molecular weight excluding hydrogens is 232 g/mol. The third-order valence-electron chi connectivity index (χ3n) is 2.75. The second-order valence-corrected chi connectivity index (χ2v) is 5.26. The molecule has 0 amide bonds. The summed E-state index contributed by atoms with van der Waals surface area (Å²) < 4.78 is 1.98. The summed E-state index contributed by atoms with van der Waals surface area (Å²) in [7, 11) is 1.96. The van der Waals surface area contributed by atoms with Crippen molar-refractivity contribution in [3.63, 3.8) is 0 Å². The van der Waals surface area contributed by atoms with E-state index in [0.717, 1.165) is 27.6 Å². The highest BCUT2D eigenvalue weighted by atomic mass is 32.1. The molecule has 0 unspecified atom stereocenters. The average Bonchev–Trinajstić information content (AvgIpc) is 2.80. The molecule has 2 N–H and O–H groups in total. The van der Waals surface area contributed by atoms with Crippen LogP contribution in [0.1, 0.15) is 4.88 Å². The Bertz CT molecular complexity index is 696. The van der Waals surface area contributed by atoms with Gasteiger partial charge in [-0.2, -0.15) is 0 Å². The number of aromatic nitrogens is 3. The molecule has 0 aliphatic heterocycles. The fraction of sp³-hybridized carbons (Fsp3) is 0.167. The summed E-state index contributed by atoms with van der Waals surface area (Å²) in [6.45, 7) is 2.05. The van der Waals surface area contributed by atoms with Gasteiger partial charge in [-0.3, -0.25) is 0 Å². The van der Waals surface area contributed by atoms with Crippen LogP contribution in [0.2, 0.25) is 0 Å². The molecule has 0 spiro atoms. The van der Waals surface area contributed by atoms with Crippen molar-refractivity contribution in [3.8, 4) is 11.4 Å². The predicted octanol–water partition coefficient (Wildman–Crippen LogP) is 2.59. The van der Waals surface area contributed by atoms with E-state index in [0.29, 0.717) is 0 Å². The Morgan fingerprint density at radius 2 is 2.24 bits per heavy atom. The molecule has 17 heavy (non-hydrogen) atoms. The molecule has 0 aromatic carbocycles. The first-order valence-electron chi connectivity index (χ1n) is 5.30. The molecule has 3 aromatic rings. The molecule has 0 bridgehead atoms. The fourth-order valence-electron chi connectivity index (χ4n) is 1.97. The number of fused-ring (bicyclic) bond motifs is 1. The fourth-order valence-corrected chi connectivity index (χ4v) is 2.76. The Morgan fingerprint density at radius 3 is 2.88 bits per heavy atom. The van der Waals surface area contributed by atoms with Gasteiger partial charge in [0.25, 0.3) is 0 Å². The number of imidazole rings is 1. The zero-order valence-electron chi connectivity index (χ0n) is 9.64. The van der Waals surface area contributed by atoms with Crippen molar-refractivity contribution in [2.24, 2.45) is 7.05 Å². The van der Waals surface area contributed by atoms with Gasteiger partial charge in [0.05, 0.1) is 10.6 Å². The van der Waals surface area contributed by atoms with E-state index in [-0.39, 0.29) is 0 Å². The quantitative estimate of drug-likeness (QED) is 0.715. The average molecular weight is 244 g/mol. The van der Waals surface area contributed by atoms with Gasteiger partial charge in [-0.05, 0) is 25.1 Å². The first-order chi connectivity index (χ1) is 8.16. The van der Waals surface area contributed by atoms with Gasteiger partial charge in [-0.15, -0.1) is 11.3 Å². The molecule has 4 nitrogen and oxygen atoms in total. The summed E-state index contributed by atoms with van der Waals surface area (Å²) in [6.07, 6.45) is 1.77. The van der Waals surface area contributed by atoms with Crippen LogP contribution in [-0.2, 0) is 7.05 Å². The Kier molecular flexibility index (Phi) is 2.16. The Morgan fingerprint density at radius 1 is 1.41 bits per heavy atom. The maximum Gasteiger partial charge on any atom is 0.160 e. The van der Waals surface area contributed by atoms with Crippen molar-refractivity contribution < 1.29 is 0 Å². The minimum absolute atomic E-state index is 0.806. The summed E-state index contributed by atoms with van der Waals surface area (Å²) in [5.74, 6) is 0.876. The second-order valence-electron chi connectivity index (χ2n) is 3.98. The Balaban J connectivity index is 2.31. The van der Waals surface area contributed by atoms with Gasteiger partial charge in [0.15, 0.2) is 5.65 Å². The van der Waals surface area contributed by atoms with E-state index in [1.54, 1.807) is 17.5 Å². The summed E-state index contributed by atoms with van der Waals surface area (Å²) in [4.78, 5) is 10.1. The van der Waals surface area contributed by atoms with Gasteiger partial charge in [0, 0.05) is 18.1 Å². The van der Waals surface area contributed by atoms with Gasteiger partial charge < -0.3 is 10.3 Å². The lowest BCUT2D eigenvalue weighted by Gasteiger charge is -2.00. The molecule has 0 saturated carbocycles. The maximum absolute atomic E-state index is 6.01. The molecule has 0 fully saturated rings. The van der Waals surface area contributed by atoms with Crippen LogP contribution >= 0.6 is 11.3 Å². The van der Waals surface area contributed by atoms with Crippen LogP contribution in [0.3, 0.4) is 0 Å². The zero-order valence-corrected chi connectivity index (χ0v) is 10.5. The van der Waals surface area contributed by atoms with E-state index in [4.69, 9.17) is 5.73 Å². The molecule has 3 rings (SSSR count). The smallest absolute Gasteiger partial charge is 0.160 e. The van der Waals surface area contributed by atoms with Crippen LogP contribution in [0.4, 0.5) is 5.00 Å². The van der Waals surface area contributed by atoms with E-state index in [9.17, 15) is 0 Å². The first kappa shape index (κ1) is 10.3. The predicted molar refractivity (Wildman–Crippen MR) is 71.0 cm³/mol. The first-order valence-corrected chi connectivity index (χ1v) is 6.12. The van der Waals surface area contributed by atoms with E-state index in [1.165, 1.54) is 4.88 Å². The molecule has 86 valence electrons.